The first-order chi connectivity index (χ1) is 17.5. The summed E-state index contributed by atoms with van der Waals surface area (Å²) in [5.41, 5.74) is 0.901. The van der Waals surface area contributed by atoms with Gasteiger partial charge in [0.25, 0.3) is 15.9 Å². The summed E-state index contributed by atoms with van der Waals surface area (Å²) in [6, 6.07) is 11.6. The Labute approximate surface area is 225 Å². The molecule has 3 rings (SSSR count). The number of nitrogens with zero attached hydrogens (tertiary/aromatic N) is 1. The smallest absolute Gasteiger partial charge is 0.264 e. The van der Waals surface area contributed by atoms with Crippen molar-refractivity contribution in [2.24, 2.45) is 4.99 Å². The minimum absolute atomic E-state index is 0.116. The zero-order valence-corrected chi connectivity index (χ0v) is 23.5. The van der Waals surface area contributed by atoms with Gasteiger partial charge in [-0.3, -0.25) is 4.79 Å². The lowest BCUT2D eigenvalue weighted by Crippen LogP contribution is -2.49. The number of hydrogen-bond donors (Lipinski definition) is 3. The lowest BCUT2D eigenvalue weighted by molar-refractivity contribution is 0.0951. The highest BCUT2D eigenvalue weighted by Crippen LogP contribution is 2.23. The van der Waals surface area contributed by atoms with E-state index in [4.69, 9.17) is 21.3 Å². The van der Waals surface area contributed by atoms with Crippen molar-refractivity contribution in [2.75, 3.05) is 13.7 Å². The fourth-order valence-corrected chi connectivity index (χ4v) is 5.27. The Hall–Kier alpha value is -2.78. The molecule has 0 spiro atoms. The maximum atomic E-state index is 13.1. The van der Waals surface area contributed by atoms with Crippen LogP contribution in [0.15, 0.2) is 52.4 Å². The summed E-state index contributed by atoms with van der Waals surface area (Å²) in [5.74, 6) is 0.429. The van der Waals surface area contributed by atoms with Crippen LogP contribution in [0.3, 0.4) is 0 Å². The van der Waals surface area contributed by atoms with Gasteiger partial charge in [0.15, 0.2) is 0 Å². The van der Waals surface area contributed by atoms with Crippen molar-refractivity contribution in [3.63, 3.8) is 0 Å². The molecule has 202 valence electrons. The van der Waals surface area contributed by atoms with E-state index in [-0.39, 0.29) is 28.3 Å². The molecule has 1 saturated carbocycles. The first-order valence-corrected chi connectivity index (χ1v) is 14.4. The second-order valence-corrected chi connectivity index (χ2v) is 12.4. The first kappa shape index (κ1) is 28.8. The molecule has 2 aromatic carbocycles. The average Bonchev–Trinajstić information content (AvgIpc) is 2.83. The Balaban J connectivity index is 1.63. The standard InChI is InChI=1S/C27H37ClN4O4S/c1-27(2,3)31-26(30-21-8-6-5-7-9-21)32-37(34,35)22-13-10-19(11-14-22)16-17-29-25(33)23-18-20(28)12-15-24(23)36-4/h10-15,18,21H,5-9,16-17H2,1-4H3,(H,29,33)(H2,30,31,32). The van der Waals surface area contributed by atoms with Crippen molar-refractivity contribution in [2.45, 2.75) is 75.8 Å². The highest BCUT2D eigenvalue weighted by atomic mass is 35.5. The van der Waals surface area contributed by atoms with Gasteiger partial charge in [-0.2, -0.15) is 0 Å². The third kappa shape index (κ3) is 8.93. The number of aliphatic imine (C=N–C) groups is 1. The molecular formula is C27H37ClN4O4S. The molecule has 10 heteroatoms. The van der Waals surface area contributed by atoms with Gasteiger partial charge >= 0.3 is 0 Å². The molecule has 0 unspecified atom stereocenters. The minimum Gasteiger partial charge on any atom is -0.496 e. The predicted octanol–water partition coefficient (Wildman–Crippen LogP) is 4.68. The van der Waals surface area contributed by atoms with Gasteiger partial charge in [0, 0.05) is 17.1 Å². The van der Waals surface area contributed by atoms with E-state index in [0.717, 1.165) is 31.2 Å². The molecule has 37 heavy (non-hydrogen) atoms. The largest absolute Gasteiger partial charge is 0.496 e. The maximum absolute atomic E-state index is 13.1. The molecule has 8 nitrogen and oxygen atoms in total. The monoisotopic (exact) mass is 548 g/mol. The number of benzene rings is 2. The molecule has 0 heterocycles. The topological polar surface area (TPSA) is 109 Å². The number of ether oxygens (including phenoxy) is 1. The Kier molecular flexibility index (Phi) is 9.84. The number of methoxy groups -OCH3 is 1. The summed E-state index contributed by atoms with van der Waals surface area (Å²) in [5, 5.41) is 6.50. The number of guanidine groups is 1. The lowest BCUT2D eigenvalue weighted by atomic mass is 9.96. The van der Waals surface area contributed by atoms with Crippen molar-refractivity contribution in [3.8, 4) is 5.75 Å². The zero-order chi connectivity index (χ0) is 27.1. The molecule has 1 amide bonds. The van der Waals surface area contributed by atoms with Crippen LogP contribution in [0.1, 0.15) is 68.8 Å². The van der Waals surface area contributed by atoms with Gasteiger partial charge in [-0.25, -0.2) is 18.1 Å². The molecule has 0 aromatic heterocycles. The van der Waals surface area contributed by atoms with Crippen molar-refractivity contribution < 1.29 is 17.9 Å². The lowest BCUT2D eigenvalue weighted by Gasteiger charge is -2.26. The van der Waals surface area contributed by atoms with Gasteiger partial charge in [0.1, 0.15) is 5.75 Å². The molecule has 1 aliphatic rings. The summed E-state index contributed by atoms with van der Waals surface area (Å²) in [4.78, 5) is 17.4. The normalized spacial score (nSPS) is 15.2. The number of carbonyl (C=O) groups is 1. The Morgan fingerprint density at radius 3 is 2.38 bits per heavy atom. The van der Waals surface area contributed by atoms with Crippen LogP contribution in [0.25, 0.3) is 0 Å². The van der Waals surface area contributed by atoms with Crippen molar-refractivity contribution in [1.82, 2.24) is 15.4 Å². The number of amides is 1. The van der Waals surface area contributed by atoms with Crippen molar-refractivity contribution in [3.05, 3.63) is 58.6 Å². The maximum Gasteiger partial charge on any atom is 0.264 e. The molecule has 0 atom stereocenters. The quantitative estimate of drug-likeness (QED) is 0.328. The van der Waals surface area contributed by atoms with E-state index in [1.54, 1.807) is 42.5 Å². The summed E-state index contributed by atoms with van der Waals surface area (Å²) in [7, 11) is -2.33. The van der Waals surface area contributed by atoms with Gasteiger partial charge in [-0.05, 0) is 75.9 Å². The van der Waals surface area contributed by atoms with E-state index in [1.165, 1.54) is 13.5 Å². The number of rotatable bonds is 8. The molecule has 1 aliphatic carbocycles. The van der Waals surface area contributed by atoms with Crippen LogP contribution in [0.5, 0.6) is 5.75 Å². The van der Waals surface area contributed by atoms with Gasteiger partial charge in [0.05, 0.1) is 23.6 Å². The molecule has 0 aliphatic heterocycles. The van der Waals surface area contributed by atoms with E-state index < -0.39 is 10.0 Å². The summed E-state index contributed by atoms with van der Waals surface area (Å²) < 4.78 is 34.1. The van der Waals surface area contributed by atoms with E-state index in [2.05, 4.69) is 15.4 Å². The van der Waals surface area contributed by atoms with Gasteiger partial charge in [-0.15, -0.1) is 0 Å². The molecule has 0 saturated heterocycles. The minimum atomic E-state index is -3.82. The predicted molar refractivity (Wildman–Crippen MR) is 148 cm³/mol. The van der Waals surface area contributed by atoms with Crippen LogP contribution in [0.4, 0.5) is 0 Å². The first-order valence-electron chi connectivity index (χ1n) is 12.6. The molecule has 3 N–H and O–H groups in total. The molecule has 2 aromatic rings. The molecular weight excluding hydrogens is 512 g/mol. The number of nitrogens with one attached hydrogen (secondary N) is 3. The Morgan fingerprint density at radius 1 is 1.08 bits per heavy atom. The van der Waals surface area contributed by atoms with Crippen LogP contribution < -0.4 is 20.1 Å². The van der Waals surface area contributed by atoms with E-state index in [9.17, 15) is 13.2 Å². The van der Waals surface area contributed by atoms with E-state index in [0.29, 0.717) is 29.3 Å². The second-order valence-electron chi connectivity index (χ2n) is 10.2. The SMILES string of the molecule is COc1ccc(Cl)cc1C(=O)NCCc1ccc(S(=O)(=O)NC(=NC2CCCCC2)NC(C)(C)C)cc1. The number of carbonyl (C=O) groups excluding carboxylic acids is 1. The van der Waals surface area contributed by atoms with Crippen LogP contribution in [-0.4, -0.2) is 45.5 Å². The van der Waals surface area contributed by atoms with Crippen LogP contribution in [0, 0.1) is 0 Å². The van der Waals surface area contributed by atoms with Crippen molar-refractivity contribution in [1.29, 1.82) is 0 Å². The van der Waals surface area contributed by atoms with Crippen LogP contribution in [-0.2, 0) is 16.4 Å². The highest BCUT2D eigenvalue weighted by Gasteiger charge is 2.22. The van der Waals surface area contributed by atoms with E-state index >= 15 is 0 Å². The number of sulfonamides is 1. The third-order valence-corrected chi connectivity index (χ3v) is 7.54. The highest BCUT2D eigenvalue weighted by molar-refractivity contribution is 7.90. The van der Waals surface area contributed by atoms with E-state index in [1.807, 2.05) is 20.8 Å². The Bertz CT molecular complexity index is 1200. The fourth-order valence-electron chi connectivity index (χ4n) is 4.13. The van der Waals surface area contributed by atoms with Crippen molar-refractivity contribution >= 4 is 33.5 Å². The summed E-state index contributed by atoms with van der Waals surface area (Å²) in [6.45, 7) is 6.27. The van der Waals surface area contributed by atoms with Gasteiger partial charge in [-0.1, -0.05) is 43.0 Å². The van der Waals surface area contributed by atoms with Gasteiger partial charge < -0.3 is 15.4 Å². The zero-order valence-electron chi connectivity index (χ0n) is 21.9. The van der Waals surface area contributed by atoms with Gasteiger partial charge in [0.2, 0.25) is 5.96 Å². The number of halogens is 1. The van der Waals surface area contributed by atoms with Crippen LogP contribution >= 0.6 is 11.6 Å². The second kappa shape index (κ2) is 12.6. The fraction of sp³-hybridized carbons (Fsp3) is 0.481. The summed E-state index contributed by atoms with van der Waals surface area (Å²) in [6.07, 6.45) is 5.88. The number of hydrogen-bond acceptors (Lipinski definition) is 5. The summed E-state index contributed by atoms with van der Waals surface area (Å²) >= 11 is 6.01. The molecule has 1 fully saturated rings. The Morgan fingerprint density at radius 2 is 1.76 bits per heavy atom. The van der Waals surface area contributed by atoms with Crippen LogP contribution in [0.2, 0.25) is 5.02 Å². The molecule has 0 radical (unpaired) electrons. The average molecular weight is 549 g/mol. The molecule has 0 bridgehead atoms. The third-order valence-electron chi connectivity index (χ3n) is 5.95.